The molecule has 0 radical (unpaired) electrons. The van der Waals surface area contributed by atoms with E-state index in [1.54, 1.807) is 23.6 Å². The zero-order chi connectivity index (χ0) is 21.8. The molecule has 0 unspecified atom stereocenters. The van der Waals surface area contributed by atoms with E-state index in [1.807, 2.05) is 6.92 Å². The Hall–Kier alpha value is -2.96. The number of nitrogens with one attached hydrogen (secondary N) is 1. The van der Waals surface area contributed by atoms with Crippen LogP contribution in [0.5, 0.6) is 5.75 Å². The lowest BCUT2D eigenvalue weighted by molar-refractivity contribution is 0.0946. The number of halogens is 2. The van der Waals surface area contributed by atoms with Crippen LogP contribution in [0, 0.1) is 31.4 Å². The summed E-state index contributed by atoms with van der Waals surface area (Å²) in [5, 5.41) is 2.95. The van der Waals surface area contributed by atoms with Crippen LogP contribution in [0.3, 0.4) is 0 Å². The number of fused-ring (bicyclic) bond motifs is 1. The first-order chi connectivity index (χ1) is 14.3. The Morgan fingerprint density at radius 3 is 2.60 bits per heavy atom. The molecule has 1 amide bonds. The summed E-state index contributed by atoms with van der Waals surface area (Å²) in [6.07, 6.45) is 3.74. The molecule has 3 rings (SSSR count). The van der Waals surface area contributed by atoms with Crippen LogP contribution in [-0.4, -0.2) is 21.8 Å². The third kappa shape index (κ3) is 4.78. The van der Waals surface area contributed by atoms with Gasteiger partial charge in [-0.1, -0.05) is 19.9 Å². The van der Waals surface area contributed by atoms with Crippen LogP contribution in [0.4, 0.5) is 8.78 Å². The number of aryl methyl sites for hydroxylation is 2. The molecule has 0 spiro atoms. The van der Waals surface area contributed by atoms with Crippen molar-refractivity contribution in [3.63, 3.8) is 0 Å². The number of benzene rings is 1. The van der Waals surface area contributed by atoms with Crippen LogP contribution in [0.1, 0.15) is 54.0 Å². The second kappa shape index (κ2) is 9.24. The number of aromatic nitrogens is 2. The zero-order valence-electron chi connectivity index (χ0n) is 17.8. The number of amides is 1. The van der Waals surface area contributed by atoms with Crippen molar-refractivity contribution in [3.05, 3.63) is 64.6 Å². The van der Waals surface area contributed by atoms with E-state index in [4.69, 9.17) is 4.74 Å². The summed E-state index contributed by atoms with van der Waals surface area (Å²) in [6, 6.07) is 5.43. The van der Waals surface area contributed by atoms with Gasteiger partial charge in [0.15, 0.2) is 11.4 Å². The average Bonchev–Trinajstić information content (AvgIpc) is 3.00. The van der Waals surface area contributed by atoms with Crippen LogP contribution in [0.15, 0.2) is 30.5 Å². The highest BCUT2D eigenvalue weighted by Crippen LogP contribution is 2.26. The maximum atomic E-state index is 13.9. The Labute approximate surface area is 175 Å². The quantitative estimate of drug-likeness (QED) is 0.528. The molecule has 0 aliphatic carbocycles. The highest BCUT2D eigenvalue weighted by molar-refractivity contribution is 5.95. The van der Waals surface area contributed by atoms with Crippen molar-refractivity contribution < 1.29 is 18.3 Å². The van der Waals surface area contributed by atoms with Crippen LogP contribution in [0.25, 0.3) is 5.65 Å². The molecule has 1 N–H and O–H groups in total. The molecule has 0 atom stereocenters. The van der Waals surface area contributed by atoms with Crippen molar-refractivity contribution in [3.8, 4) is 5.75 Å². The summed E-state index contributed by atoms with van der Waals surface area (Å²) in [6.45, 7) is 8.22. The van der Waals surface area contributed by atoms with Gasteiger partial charge in [0.05, 0.1) is 11.3 Å². The zero-order valence-corrected chi connectivity index (χ0v) is 17.8. The van der Waals surface area contributed by atoms with Gasteiger partial charge in [-0.3, -0.25) is 9.20 Å². The molecule has 0 saturated carbocycles. The van der Waals surface area contributed by atoms with Crippen molar-refractivity contribution in [1.29, 1.82) is 0 Å². The van der Waals surface area contributed by atoms with E-state index in [1.165, 1.54) is 18.2 Å². The topological polar surface area (TPSA) is 55.6 Å². The molecule has 5 nitrogen and oxygen atoms in total. The fraction of sp³-hybridized carbons (Fsp3) is 0.391. The summed E-state index contributed by atoms with van der Waals surface area (Å²) in [4.78, 5) is 17.2. The molecule has 7 heteroatoms. The maximum Gasteiger partial charge on any atom is 0.270 e. The molecule has 30 heavy (non-hydrogen) atoms. The minimum Gasteiger partial charge on any atom is -0.485 e. The Balaban J connectivity index is 1.85. The van der Waals surface area contributed by atoms with Crippen LogP contribution >= 0.6 is 0 Å². The lowest BCUT2D eigenvalue weighted by Gasteiger charge is -2.11. The molecule has 2 heterocycles. The molecule has 160 valence electrons. The number of nitrogens with zero attached hydrogens (tertiary/aromatic N) is 2. The smallest absolute Gasteiger partial charge is 0.270 e. The SMILES string of the molecule is Cc1cc(OCc2c(F)cccc2F)c2nc(C)c(C(=O)NCCCC(C)C)n2c1. The molecular weight excluding hydrogens is 388 g/mol. The van der Waals surface area contributed by atoms with E-state index in [-0.39, 0.29) is 18.1 Å². The minimum absolute atomic E-state index is 0.149. The molecule has 0 saturated heterocycles. The standard InChI is InChI=1S/C23H27F2N3O2/c1-14(2)7-6-10-26-23(29)21-16(4)27-22-20(11-15(3)12-28(21)22)30-13-17-18(24)8-5-9-19(17)25/h5,8-9,11-12,14H,6-7,10,13H2,1-4H3,(H,26,29). The summed E-state index contributed by atoms with van der Waals surface area (Å²) >= 11 is 0. The number of carbonyl (C=O) groups excluding carboxylic acids is 1. The van der Waals surface area contributed by atoms with Crippen LogP contribution in [-0.2, 0) is 6.61 Å². The second-order valence-corrected chi connectivity index (χ2v) is 7.90. The van der Waals surface area contributed by atoms with Crippen molar-refractivity contribution in [2.24, 2.45) is 5.92 Å². The van der Waals surface area contributed by atoms with Gasteiger partial charge in [0.1, 0.15) is 23.9 Å². The predicted molar refractivity (Wildman–Crippen MR) is 112 cm³/mol. The van der Waals surface area contributed by atoms with Gasteiger partial charge in [-0.2, -0.15) is 0 Å². The largest absolute Gasteiger partial charge is 0.485 e. The third-order valence-corrected chi connectivity index (χ3v) is 4.89. The van der Waals surface area contributed by atoms with Crippen molar-refractivity contribution in [2.75, 3.05) is 6.54 Å². The summed E-state index contributed by atoms with van der Waals surface area (Å²) in [5.41, 5.74) is 2.10. The van der Waals surface area contributed by atoms with Crippen molar-refractivity contribution in [1.82, 2.24) is 14.7 Å². The number of carbonyl (C=O) groups is 1. The fourth-order valence-electron chi connectivity index (χ4n) is 3.35. The maximum absolute atomic E-state index is 13.9. The number of rotatable bonds is 8. The molecule has 0 fully saturated rings. The first-order valence-electron chi connectivity index (χ1n) is 10.1. The van der Waals surface area contributed by atoms with Gasteiger partial charge in [-0.25, -0.2) is 13.8 Å². The highest BCUT2D eigenvalue weighted by Gasteiger charge is 2.20. The van der Waals surface area contributed by atoms with E-state index in [0.717, 1.165) is 18.4 Å². The molecule has 0 aliphatic heterocycles. The van der Waals surface area contributed by atoms with Gasteiger partial charge in [0.25, 0.3) is 5.91 Å². The number of imidazole rings is 1. The lowest BCUT2D eigenvalue weighted by atomic mass is 10.1. The van der Waals surface area contributed by atoms with Crippen LogP contribution < -0.4 is 10.1 Å². The first kappa shape index (κ1) is 21.7. The number of ether oxygens (including phenoxy) is 1. The number of pyridine rings is 1. The molecule has 0 aliphatic rings. The number of hydrogen-bond donors (Lipinski definition) is 1. The third-order valence-electron chi connectivity index (χ3n) is 4.89. The van der Waals surface area contributed by atoms with Crippen LogP contribution in [0.2, 0.25) is 0 Å². The van der Waals surface area contributed by atoms with E-state index < -0.39 is 11.6 Å². The van der Waals surface area contributed by atoms with Crippen molar-refractivity contribution in [2.45, 2.75) is 47.1 Å². The highest BCUT2D eigenvalue weighted by atomic mass is 19.1. The van der Waals surface area contributed by atoms with E-state index in [0.29, 0.717) is 35.2 Å². The van der Waals surface area contributed by atoms with Crippen molar-refractivity contribution >= 4 is 11.6 Å². The fourth-order valence-corrected chi connectivity index (χ4v) is 3.35. The van der Waals surface area contributed by atoms with E-state index in [9.17, 15) is 13.6 Å². The minimum atomic E-state index is -0.667. The Bertz CT molecular complexity index is 1040. The first-order valence-corrected chi connectivity index (χ1v) is 10.1. The Kier molecular flexibility index (Phi) is 6.70. The molecular formula is C23H27F2N3O2. The monoisotopic (exact) mass is 415 g/mol. The van der Waals surface area contributed by atoms with Gasteiger partial charge < -0.3 is 10.1 Å². The normalized spacial score (nSPS) is 11.3. The van der Waals surface area contributed by atoms with Gasteiger partial charge in [-0.05, 0) is 56.4 Å². The molecule has 1 aromatic carbocycles. The van der Waals surface area contributed by atoms with Gasteiger partial charge in [0.2, 0.25) is 0 Å². The van der Waals surface area contributed by atoms with Gasteiger partial charge in [-0.15, -0.1) is 0 Å². The summed E-state index contributed by atoms with van der Waals surface area (Å²) in [7, 11) is 0. The summed E-state index contributed by atoms with van der Waals surface area (Å²) < 4.78 is 35.3. The molecule has 3 aromatic rings. The molecule has 0 bridgehead atoms. The Morgan fingerprint density at radius 2 is 1.93 bits per heavy atom. The summed E-state index contributed by atoms with van der Waals surface area (Å²) in [5.74, 6) is -0.597. The average molecular weight is 415 g/mol. The molecule has 2 aromatic heterocycles. The Morgan fingerprint density at radius 1 is 1.23 bits per heavy atom. The lowest BCUT2D eigenvalue weighted by Crippen LogP contribution is -2.26. The van der Waals surface area contributed by atoms with Gasteiger partial charge >= 0.3 is 0 Å². The second-order valence-electron chi connectivity index (χ2n) is 7.90. The predicted octanol–water partition coefficient (Wildman–Crippen LogP) is 4.97. The number of hydrogen-bond acceptors (Lipinski definition) is 3. The van der Waals surface area contributed by atoms with E-state index in [2.05, 4.69) is 24.1 Å². The van der Waals surface area contributed by atoms with E-state index >= 15 is 0 Å². The van der Waals surface area contributed by atoms with Gasteiger partial charge in [0, 0.05) is 12.7 Å².